The van der Waals surface area contributed by atoms with Crippen LogP contribution in [0.5, 0.6) is 0 Å². The van der Waals surface area contributed by atoms with Crippen molar-refractivity contribution in [2.24, 2.45) is 5.41 Å². The average molecular weight is 497 g/mol. The Balaban J connectivity index is 1.24. The van der Waals surface area contributed by atoms with Crippen molar-refractivity contribution in [3.63, 3.8) is 0 Å². The summed E-state index contributed by atoms with van der Waals surface area (Å²) in [7, 11) is 0. The van der Waals surface area contributed by atoms with Crippen molar-refractivity contribution in [1.82, 2.24) is 10.2 Å². The summed E-state index contributed by atoms with van der Waals surface area (Å²) in [6.07, 6.45) is -0.598. The zero-order valence-corrected chi connectivity index (χ0v) is 20.3. The van der Waals surface area contributed by atoms with Gasteiger partial charge < -0.3 is 24.8 Å². The Kier molecular flexibility index (Phi) is 6.46. The number of alkyl carbamates (subject to hydrolysis) is 1. The number of hydrogen-bond donors (Lipinski definition) is 2. The van der Waals surface area contributed by atoms with Gasteiger partial charge in [-0.2, -0.15) is 0 Å². The van der Waals surface area contributed by atoms with E-state index in [1.807, 2.05) is 24.3 Å². The third-order valence-electron chi connectivity index (χ3n) is 7.21. The topological polar surface area (TPSA) is 105 Å². The van der Waals surface area contributed by atoms with Gasteiger partial charge in [-0.15, -0.1) is 11.8 Å². The van der Waals surface area contributed by atoms with Crippen molar-refractivity contribution in [3.05, 3.63) is 59.7 Å². The number of aliphatic carboxylic acids is 1. The summed E-state index contributed by atoms with van der Waals surface area (Å²) in [6, 6.07) is 15.7. The zero-order chi connectivity index (χ0) is 24.6. The Hall–Kier alpha value is -3.04. The first-order valence-electron chi connectivity index (χ1n) is 11.7. The standard InChI is InChI=1S/C26H28N2O6S/c1-26(24(31)28-10-11-35-21(12-28)23(29)30)15-33-14-22(26)27-25(32)34-13-20-18-8-4-2-6-16(18)17-7-3-5-9-19(17)20/h2-9,20-22H,10-15H2,1H3,(H,27,32)(H,29,30). The number of nitrogens with one attached hydrogen (secondary N) is 1. The highest BCUT2D eigenvalue weighted by Gasteiger charge is 2.50. The smallest absolute Gasteiger partial charge is 0.407 e. The molecule has 3 aliphatic rings. The van der Waals surface area contributed by atoms with E-state index in [9.17, 15) is 19.5 Å². The van der Waals surface area contributed by atoms with E-state index in [-0.39, 0.29) is 38.2 Å². The molecule has 1 aliphatic carbocycles. The van der Waals surface area contributed by atoms with Crippen LogP contribution in [0.4, 0.5) is 4.79 Å². The fourth-order valence-corrected chi connectivity index (χ4v) is 6.25. The molecule has 2 amide bonds. The molecule has 3 atom stereocenters. The van der Waals surface area contributed by atoms with Crippen LogP contribution in [-0.2, 0) is 19.1 Å². The van der Waals surface area contributed by atoms with Gasteiger partial charge in [-0.1, -0.05) is 48.5 Å². The molecule has 2 N–H and O–H groups in total. The summed E-state index contributed by atoms with van der Waals surface area (Å²) < 4.78 is 11.2. The first kappa shape index (κ1) is 23.7. The number of ether oxygens (including phenoxy) is 2. The number of benzene rings is 2. The van der Waals surface area contributed by atoms with E-state index in [0.717, 1.165) is 22.3 Å². The third kappa shape index (κ3) is 4.38. The van der Waals surface area contributed by atoms with Crippen molar-refractivity contribution in [1.29, 1.82) is 0 Å². The van der Waals surface area contributed by atoms with Gasteiger partial charge in [0.05, 0.1) is 24.7 Å². The molecule has 0 spiro atoms. The summed E-state index contributed by atoms with van der Waals surface area (Å²) in [5, 5.41) is 11.5. The number of carbonyl (C=O) groups excluding carboxylic acids is 2. The predicted octanol–water partition coefficient (Wildman–Crippen LogP) is 2.96. The van der Waals surface area contributed by atoms with Gasteiger partial charge in [-0.3, -0.25) is 9.59 Å². The molecule has 3 unspecified atom stereocenters. The second-order valence-electron chi connectivity index (χ2n) is 9.40. The number of carbonyl (C=O) groups is 3. The quantitative estimate of drug-likeness (QED) is 0.656. The van der Waals surface area contributed by atoms with Crippen molar-refractivity contribution >= 4 is 29.7 Å². The predicted molar refractivity (Wildman–Crippen MR) is 131 cm³/mol. The van der Waals surface area contributed by atoms with E-state index in [0.29, 0.717) is 12.3 Å². The molecular formula is C26H28N2O6S. The lowest BCUT2D eigenvalue weighted by Gasteiger charge is -2.37. The second-order valence-corrected chi connectivity index (χ2v) is 10.7. The van der Waals surface area contributed by atoms with Crippen LogP contribution in [0.1, 0.15) is 24.0 Å². The number of carboxylic acids is 1. The minimum Gasteiger partial charge on any atom is -0.480 e. The Labute approximate surface area is 208 Å². The Morgan fingerprint density at radius 2 is 1.80 bits per heavy atom. The van der Waals surface area contributed by atoms with Crippen LogP contribution in [0.3, 0.4) is 0 Å². The fourth-order valence-electron chi connectivity index (χ4n) is 5.21. The van der Waals surface area contributed by atoms with E-state index in [1.54, 1.807) is 11.8 Å². The molecule has 184 valence electrons. The first-order chi connectivity index (χ1) is 16.9. The van der Waals surface area contributed by atoms with E-state index >= 15 is 0 Å². The highest BCUT2D eigenvalue weighted by atomic mass is 32.2. The molecule has 5 rings (SSSR count). The molecule has 9 heteroatoms. The molecule has 2 aliphatic heterocycles. The van der Waals surface area contributed by atoms with Gasteiger partial charge in [0.2, 0.25) is 5.91 Å². The maximum absolute atomic E-state index is 13.4. The van der Waals surface area contributed by atoms with Crippen LogP contribution in [0.25, 0.3) is 11.1 Å². The Morgan fingerprint density at radius 3 is 2.46 bits per heavy atom. The Morgan fingerprint density at radius 1 is 1.14 bits per heavy atom. The van der Waals surface area contributed by atoms with Crippen molar-refractivity contribution in [3.8, 4) is 11.1 Å². The highest BCUT2D eigenvalue weighted by molar-refractivity contribution is 8.00. The lowest BCUT2D eigenvalue weighted by molar-refractivity contribution is -0.143. The van der Waals surface area contributed by atoms with Crippen LogP contribution >= 0.6 is 11.8 Å². The van der Waals surface area contributed by atoms with Crippen molar-refractivity contribution in [2.45, 2.75) is 24.1 Å². The lowest BCUT2D eigenvalue weighted by atomic mass is 9.83. The summed E-state index contributed by atoms with van der Waals surface area (Å²) >= 11 is 1.34. The second kappa shape index (κ2) is 9.54. The van der Waals surface area contributed by atoms with Gasteiger partial charge in [0.1, 0.15) is 11.9 Å². The monoisotopic (exact) mass is 496 g/mol. The first-order valence-corrected chi connectivity index (χ1v) is 12.8. The number of thioether (sulfide) groups is 1. The minimum absolute atomic E-state index is 0.0557. The van der Waals surface area contributed by atoms with E-state index in [1.165, 1.54) is 11.8 Å². The van der Waals surface area contributed by atoms with Crippen LogP contribution in [-0.4, -0.2) is 77.9 Å². The van der Waals surface area contributed by atoms with E-state index in [4.69, 9.17) is 9.47 Å². The number of fused-ring (bicyclic) bond motifs is 3. The maximum atomic E-state index is 13.4. The van der Waals surface area contributed by atoms with E-state index < -0.39 is 28.8 Å². The molecule has 2 heterocycles. The number of hydrogen-bond acceptors (Lipinski definition) is 6. The molecular weight excluding hydrogens is 468 g/mol. The molecule has 35 heavy (non-hydrogen) atoms. The maximum Gasteiger partial charge on any atom is 0.407 e. The van der Waals surface area contributed by atoms with Crippen molar-refractivity contribution < 1.29 is 29.0 Å². The summed E-state index contributed by atoms with van der Waals surface area (Å²) in [6.45, 7) is 2.90. The molecule has 2 saturated heterocycles. The lowest BCUT2D eigenvalue weighted by Crippen LogP contribution is -2.57. The van der Waals surface area contributed by atoms with Gasteiger partial charge >= 0.3 is 12.1 Å². The number of nitrogens with zero attached hydrogens (tertiary/aromatic N) is 1. The molecule has 0 aromatic heterocycles. The van der Waals surface area contributed by atoms with Gasteiger partial charge in [0, 0.05) is 24.8 Å². The molecule has 2 fully saturated rings. The number of rotatable bonds is 5. The van der Waals surface area contributed by atoms with Gasteiger partial charge in [-0.25, -0.2) is 4.79 Å². The van der Waals surface area contributed by atoms with Crippen LogP contribution < -0.4 is 5.32 Å². The number of amides is 2. The van der Waals surface area contributed by atoms with E-state index in [2.05, 4.69) is 29.6 Å². The molecule has 0 bridgehead atoms. The van der Waals surface area contributed by atoms with Gasteiger partial charge in [-0.05, 0) is 29.2 Å². The zero-order valence-electron chi connectivity index (χ0n) is 19.4. The van der Waals surface area contributed by atoms with Crippen LogP contribution in [0, 0.1) is 5.41 Å². The highest BCUT2D eigenvalue weighted by Crippen LogP contribution is 2.44. The largest absolute Gasteiger partial charge is 0.480 e. The molecule has 2 aromatic rings. The molecule has 0 saturated carbocycles. The Bertz CT molecular complexity index is 1110. The number of carboxylic acid groups (broad SMARTS) is 1. The summed E-state index contributed by atoms with van der Waals surface area (Å²) in [5.41, 5.74) is 3.57. The minimum atomic E-state index is -0.989. The molecule has 0 radical (unpaired) electrons. The summed E-state index contributed by atoms with van der Waals surface area (Å²) in [5.74, 6) is -0.622. The summed E-state index contributed by atoms with van der Waals surface area (Å²) in [4.78, 5) is 39.2. The van der Waals surface area contributed by atoms with Crippen molar-refractivity contribution in [2.75, 3.05) is 38.7 Å². The average Bonchev–Trinajstić information content (AvgIpc) is 3.40. The van der Waals surface area contributed by atoms with Crippen LogP contribution in [0.2, 0.25) is 0 Å². The SMILES string of the molecule is CC1(C(=O)N2CCSC(C(=O)O)C2)COCC1NC(=O)OCC1c2ccccc2-c2ccccc21. The normalized spacial score (nSPS) is 25.6. The van der Waals surface area contributed by atoms with Gasteiger partial charge in [0.15, 0.2) is 0 Å². The van der Waals surface area contributed by atoms with Crippen LogP contribution in [0.15, 0.2) is 48.5 Å². The molecule has 8 nitrogen and oxygen atoms in total. The third-order valence-corrected chi connectivity index (χ3v) is 8.38. The van der Waals surface area contributed by atoms with Gasteiger partial charge in [0.25, 0.3) is 0 Å². The fraction of sp³-hybridized carbons (Fsp3) is 0.423. The molecule has 2 aromatic carbocycles.